The zero-order valence-electron chi connectivity index (χ0n) is 14.3. The number of carbonyl (C=O) groups excluding carboxylic acids is 2. The summed E-state index contributed by atoms with van der Waals surface area (Å²) in [7, 11) is 0. The monoisotopic (exact) mass is 339 g/mol. The first kappa shape index (κ1) is 18.3. The molecule has 0 heterocycles. The lowest BCUT2D eigenvalue weighted by Crippen LogP contribution is -2.20. The molecule has 5 nitrogen and oxygen atoms in total. The Hall–Kier alpha value is -3.08. The summed E-state index contributed by atoms with van der Waals surface area (Å²) in [6.07, 6.45) is 2.94. The molecule has 0 aliphatic rings. The van der Waals surface area contributed by atoms with Crippen LogP contribution in [0.5, 0.6) is 5.75 Å². The summed E-state index contributed by atoms with van der Waals surface area (Å²) in [5.41, 5.74) is 2.57. The van der Waals surface area contributed by atoms with Gasteiger partial charge >= 0.3 is 5.97 Å². The van der Waals surface area contributed by atoms with Crippen molar-refractivity contribution in [2.24, 2.45) is 0 Å². The number of rotatable bonds is 7. The van der Waals surface area contributed by atoms with Crippen LogP contribution in [-0.4, -0.2) is 25.1 Å². The molecular formula is C20H21NO4. The molecule has 0 aliphatic heterocycles. The van der Waals surface area contributed by atoms with Crippen LogP contribution >= 0.6 is 0 Å². The normalized spacial score (nSPS) is 10.5. The van der Waals surface area contributed by atoms with Gasteiger partial charge in [0.2, 0.25) is 0 Å². The maximum absolute atomic E-state index is 11.9. The predicted molar refractivity (Wildman–Crippen MR) is 97.4 cm³/mol. The molecule has 0 aromatic heterocycles. The average molecular weight is 339 g/mol. The van der Waals surface area contributed by atoms with Gasteiger partial charge in [-0.3, -0.25) is 4.79 Å². The lowest BCUT2D eigenvalue weighted by atomic mass is 10.1. The number of nitrogens with one attached hydrogen (secondary N) is 1. The molecule has 0 saturated heterocycles. The zero-order valence-corrected chi connectivity index (χ0v) is 14.3. The maximum Gasteiger partial charge on any atom is 0.331 e. The van der Waals surface area contributed by atoms with Gasteiger partial charge in [-0.15, -0.1) is 0 Å². The van der Waals surface area contributed by atoms with Gasteiger partial charge in [0.15, 0.2) is 6.61 Å². The number of carbonyl (C=O) groups is 2. The third kappa shape index (κ3) is 6.14. The smallest absolute Gasteiger partial charge is 0.331 e. The summed E-state index contributed by atoms with van der Waals surface area (Å²) in [4.78, 5) is 23.6. The lowest BCUT2D eigenvalue weighted by Gasteiger charge is -2.11. The van der Waals surface area contributed by atoms with E-state index in [2.05, 4.69) is 5.32 Å². The molecule has 130 valence electrons. The average Bonchev–Trinajstić information content (AvgIpc) is 2.61. The van der Waals surface area contributed by atoms with Gasteiger partial charge in [-0.2, -0.15) is 0 Å². The molecule has 0 unspecified atom stereocenters. The number of anilines is 1. The number of para-hydroxylation sites is 2. The van der Waals surface area contributed by atoms with Crippen LogP contribution in [0.2, 0.25) is 0 Å². The molecule has 2 aromatic rings. The Balaban J connectivity index is 1.83. The largest absolute Gasteiger partial charge is 0.492 e. The standard InChI is InChI=1S/C20H21NO4/c1-3-24-18-7-5-4-6-17(18)21-19(22)14-25-20(23)13-12-16-10-8-15(2)9-11-16/h4-13H,3,14H2,1-2H3,(H,21,22). The van der Waals surface area contributed by atoms with Crippen molar-refractivity contribution >= 4 is 23.6 Å². The predicted octanol–water partition coefficient (Wildman–Crippen LogP) is 3.59. The molecule has 0 bridgehead atoms. The van der Waals surface area contributed by atoms with Crippen LogP contribution in [0.15, 0.2) is 54.6 Å². The van der Waals surface area contributed by atoms with Gasteiger partial charge in [0.05, 0.1) is 12.3 Å². The van der Waals surface area contributed by atoms with Gasteiger partial charge in [-0.1, -0.05) is 42.0 Å². The Kier molecular flexibility index (Phi) is 6.77. The van der Waals surface area contributed by atoms with E-state index in [1.807, 2.05) is 44.2 Å². The van der Waals surface area contributed by atoms with E-state index in [-0.39, 0.29) is 6.61 Å². The highest BCUT2D eigenvalue weighted by Gasteiger charge is 2.09. The van der Waals surface area contributed by atoms with Gasteiger partial charge in [0.25, 0.3) is 5.91 Å². The second kappa shape index (κ2) is 9.27. The second-order valence-electron chi connectivity index (χ2n) is 5.33. The van der Waals surface area contributed by atoms with Crippen molar-refractivity contribution in [1.82, 2.24) is 0 Å². The molecule has 1 N–H and O–H groups in total. The highest BCUT2D eigenvalue weighted by atomic mass is 16.5. The van der Waals surface area contributed by atoms with Crippen molar-refractivity contribution < 1.29 is 19.1 Å². The highest BCUT2D eigenvalue weighted by Crippen LogP contribution is 2.23. The summed E-state index contributed by atoms with van der Waals surface area (Å²) >= 11 is 0. The SMILES string of the molecule is CCOc1ccccc1NC(=O)COC(=O)C=Cc1ccc(C)cc1. The number of ether oxygens (including phenoxy) is 2. The van der Waals surface area contributed by atoms with E-state index in [9.17, 15) is 9.59 Å². The minimum atomic E-state index is -0.575. The van der Waals surface area contributed by atoms with Crippen molar-refractivity contribution in [2.45, 2.75) is 13.8 Å². The molecular weight excluding hydrogens is 318 g/mol. The van der Waals surface area contributed by atoms with Crippen molar-refractivity contribution in [3.63, 3.8) is 0 Å². The first-order chi connectivity index (χ1) is 12.1. The Morgan fingerprint density at radius 1 is 1.08 bits per heavy atom. The van der Waals surface area contributed by atoms with Crippen LogP contribution in [-0.2, 0) is 14.3 Å². The first-order valence-corrected chi connectivity index (χ1v) is 8.01. The molecule has 0 atom stereocenters. The Labute approximate surface area is 147 Å². The van der Waals surface area contributed by atoms with Crippen molar-refractivity contribution in [1.29, 1.82) is 0 Å². The highest BCUT2D eigenvalue weighted by molar-refractivity contribution is 5.95. The van der Waals surface area contributed by atoms with E-state index in [1.165, 1.54) is 6.08 Å². The Morgan fingerprint density at radius 2 is 1.80 bits per heavy atom. The van der Waals surface area contributed by atoms with Gasteiger partial charge in [0, 0.05) is 6.08 Å². The lowest BCUT2D eigenvalue weighted by molar-refractivity contribution is -0.142. The van der Waals surface area contributed by atoms with Gasteiger partial charge in [-0.05, 0) is 37.6 Å². The van der Waals surface area contributed by atoms with Crippen LogP contribution in [0.25, 0.3) is 6.08 Å². The fourth-order valence-electron chi connectivity index (χ4n) is 2.06. The quantitative estimate of drug-likeness (QED) is 0.618. The minimum absolute atomic E-state index is 0.364. The number of aryl methyl sites for hydroxylation is 1. The van der Waals surface area contributed by atoms with E-state index in [4.69, 9.17) is 9.47 Å². The molecule has 0 aliphatic carbocycles. The molecule has 0 spiro atoms. The van der Waals surface area contributed by atoms with E-state index < -0.39 is 11.9 Å². The van der Waals surface area contributed by atoms with E-state index in [0.29, 0.717) is 18.0 Å². The first-order valence-electron chi connectivity index (χ1n) is 8.01. The van der Waals surface area contributed by atoms with Gasteiger partial charge in [0.1, 0.15) is 5.75 Å². The molecule has 25 heavy (non-hydrogen) atoms. The number of hydrogen-bond acceptors (Lipinski definition) is 4. The summed E-state index contributed by atoms with van der Waals surface area (Å²) in [6.45, 7) is 3.98. The fraction of sp³-hybridized carbons (Fsp3) is 0.200. The van der Waals surface area contributed by atoms with Crippen LogP contribution in [0.4, 0.5) is 5.69 Å². The third-order valence-electron chi connectivity index (χ3n) is 3.30. The molecule has 2 rings (SSSR count). The maximum atomic E-state index is 11.9. The zero-order chi connectivity index (χ0) is 18.1. The molecule has 0 saturated carbocycles. The second-order valence-corrected chi connectivity index (χ2v) is 5.33. The van der Waals surface area contributed by atoms with Gasteiger partial charge < -0.3 is 14.8 Å². The van der Waals surface area contributed by atoms with Crippen molar-refractivity contribution in [3.8, 4) is 5.75 Å². The molecule has 5 heteroatoms. The Morgan fingerprint density at radius 3 is 2.52 bits per heavy atom. The third-order valence-corrected chi connectivity index (χ3v) is 3.30. The number of hydrogen-bond donors (Lipinski definition) is 1. The van der Waals surface area contributed by atoms with Crippen LogP contribution < -0.4 is 10.1 Å². The summed E-state index contributed by atoms with van der Waals surface area (Å²) in [5, 5.41) is 2.67. The van der Waals surface area contributed by atoms with Crippen molar-refractivity contribution in [3.05, 3.63) is 65.7 Å². The molecule has 1 amide bonds. The minimum Gasteiger partial charge on any atom is -0.492 e. The molecule has 0 radical (unpaired) electrons. The molecule has 2 aromatic carbocycles. The van der Waals surface area contributed by atoms with E-state index in [1.54, 1.807) is 24.3 Å². The Bertz CT molecular complexity index is 751. The van der Waals surface area contributed by atoms with Crippen molar-refractivity contribution in [2.75, 3.05) is 18.5 Å². The molecule has 0 fully saturated rings. The number of amides is 1. The topological polar surface area (TPSA) is 64.6 Å². The van der Waals surface area contributed by atoms with Gasteiger partial charge in [-0.25, -0.2) is 4.79 Å². The summed E-state index contributed by atoms with van der Waals surface area (Å²) in [5.74, 6) is -0.429. The van der Waals surface area contributed by atoms with E-state index in [0.717, 1.165) is 11.1 Å². The fourth-order valence-corrected chi connectivity index (χ4v) is 2.06. The number of esters is 1. The number of benzene rings is 2. The summed E-state index contributed by atoms with van der Waals surface area (Å²) in [6, 6.07) is 14.8. The van der Waals surface area contributed by atoms with Crippen LogP contribution in [0.1, 0.15) is 18.1 Å². The van der Waals surface area contributed by atoms with Crippen LogP contribution in [0, 0.1) is 6.92 Å². The van der Waals surface area contributed by atoms with Crippen LogP contribution in [0.3, 0.4) is 0 Å². The summed E-state index contributed by atoms with van der Waals surface area (Å²) < 4.78 is 10.4. The van der Waals surface area contributed by atoms with E-state index >= 15 is 0 Å².